The maximum Gasteiger partial charge on any atom is 0.306 e. The minimum absolute atomic E-state index is 0.0308. The van der Waals surface area contributed by atoms with E-state index in [1.807, 2.05) is 6.92 Å². The smallest absolute Gasteiger partial charge is 0.306 e. The number of fused-ring (bicyclic) bond motifs is 1. The molecule has 5 atom stereocenters. The van der Waals surface area contributed by atoms with E-state index in [9.17, 15) is 14.4 Å². The number of ketones is 2. The summed E-state index contributed by atoms with van der Waals surface area (Å²) in [6.45, 7) is 18.7. The summed E-state index contributed by atoms with van der Waals surface area (Å²) in [5, 5.41) is 0. The van der Waals surface area contributed by atoms with Crippen molar-refractivity contribution in [3.63, 3.8) is 0 Å². The normalized spacial score (nSPS) is 34.5. The molecule has 5 unspecified atom stereocenters. The van der Waals surface area contributed by atoms with Gasteiger partial charge in [0.1, 0.15) is 11.9 Å². The van der Waals surface area contributed by atoms with E-state index in [1.165, 1.54) is 7.11 Å². The first-order valence-corrected chi connectivity index (χ1v) is 17.7. The molecular weight excluding hydrogens is 416 g/mol. The Morgan fingerprint density at radius 2 is 1.50 bits per heavy atom. The Balaban J connectivity index is 2.68. The molecule has 2 rings (SSSR count). The first-order chi connectivity index (χ1) is 13.4. The summed E-state index contributed by atoms with van der Waals surface area (Å²) < 4.78 is 18.1. The maximum absolute atomic E-state index is 13.8. The highest BCUT2D eigenvalue weighted by Crippen LogP contribution is 2.60. The van der Waals surface area contributed by atoms with Crippen LogP contribution in [0.1, 0.15) is 40.0 Å². The molecule has 0 saturated heterocycles. The Hall–Kier alpha value is -0.836. The van der Waals surface area contributed by atoms with Gasteiger partial charge in [-0.25, -0.2) is 0 Å². The number of carbonyl (C=O) groups excluding carboxylic acids is 3. The quantitative estimate of drug-likeness (QED) is 0.440. The minimum atomic E-state index is -2.09. The molecule has 8 heteroatoms. The predicted molar refractivity (Wildman–Crippen MR) is 121 cm³/mol. The van der Waals surface area contributed by atoms with Crippen LogP contribution in [0.4, 0.5) is 0 Å². The van der Waals surface area contributed by atoms with Gasteiger partial charge >= 0.3 is 5.97 Å². The fourth-order valence-corrected chi connectivity index (χ4v) is 7.84. The van der Waals surface area contributed by atoms with E-state index < -0.39 is 46.1 Å². The van der Waals surface area contributed by atoms with Crippen LogP contribution in [-0.2, 0) is 28.0 Å². The Morgan fingerprint density at radius 3 is 1.97 bits per heavy atom. The summed E-state index contributed by atoms with van der Waals surface area (Å²) in [6.07, 6.45) is -0.449. The molecule has 30 heavy (non-hydrogen) atoms. The van der Waals surface area contributed by atoms with Crippen molar-refractivity contribution in [2.45, 2.75) is 91.5 Å². The lowest BCUT2D eigenvalue weighted by Crippen LogP contribution is -2.68. The van der Waals surface area contributed by atoms with Crippen molar-refractivity contribution < 1.29 is 28.0 Å². The monoisotopic (exact) mass is 456 g/mol. The van der Waals surface area contributed by atoms with E-state index >= 15 is 0 Å². The maximum atomic E-state index is 13.8. The van der Waals surface area contributed by atoms with E-state index in [0.29, 0.717) is 6.42 Å². The largest absolute Gasteiger partial charge is 0.469 e. The molecule has 0 aliphatic heterocycles. The molecule has 0 heterocycles. The Kier molecular flexibility index (Phi) is 7.00. The number of ether oxygens (including phenoxy) is 1. The summed E-state index contributed by atoms with van der Waals surface area (Å²) in [6, 6.07) is 0. The predicted octanol–water partition coefficient (Wildman–Crippen LogP) is 4.20. The summed E-state index contributed by atoms with van der Waals surface area (Å²) in [5.41, 5.74) is -1.04. The number of hydrogen-bond donors (Lipinski definition) is 0. The molecular formula is C22H40O6Si2. The van der Waals surface area contributed by atoms with Crippen molar-refractivity contribution in [1.29, 1.82) is 0 Å². The molecule has 6 nitrogen and oxygen atoms in total. The topological polar surface area (TPSA) is 78.9 Å². The van der Waals surface area contributed by atoms with Crippen molar-refractivity contribution >= 4 is 34.2 Å². The lowest BCUT2D eigenvalue weighted by molar-refractivity contribution is -0.188. The van der Waals surface area contributed by atoms with E-state index in [-0.39, 0.29) is 35.7 Å². The van der Waals surface area contributed by atoms with E-state index in [2.05, 4.69) is 53.1 Å². The van der Waals surface area contributed by atoms with Gasteiger partial charge in [0.05, 0.1) is 19.6 Å². The summed E-state index contributed by atoms with van der Waals surface area (Å²) in [4.78, 5) is 38.9. The molecule has 0 aromatic rings. The van der Waals surface area contributed by atoms with Gasteiger partial charge in [0.15, 0.2) is 22.4 Å². The fraction of sp³-hybridized carbons (Fsp3) is 0.864. The van der Waals surface area contributed by atoms with E-state index in [4.69, 9.17) is 13.6 Å². The number of methoxy groups -OCH3 is 1. The van der Waals surface area contributed by atoms with Crippen LogP contribution in [0.2, 0.25) is 39.3 Å². The van der Waals surface area contributed by atoms with Gasteiger partial charge in [-0.3, -0.25) is 14.4 Å². The number of Topliss-reactive ketones (excluding diaryl/α,β-unsaturated/α-hetero) is 2. The second kappa shape index (κ2) is 8.26. The lowest BCUT2D eigenvalue weighted by Gasteiger charge is -2.61. The van der Waals surface area contributed by atoms with Gasteiger partial charge in [0.2, 0.25) is 0 Å². The van der Waals surface area contributed by atoms with Crippen molar-refractivity contribution in [1.82, 2.24) is 0 Å². The molecule has 0 aromatic carbocycles. The van der Waals surface area contributed by atoms with Crippen LogP contribution < -0.4 is 0 Å². The molecule has 0 amide bonds. The first kappa shape index (κ1) is 25.4. The second-order valence-corrected chi connectivity index (χ2v) is 20.9. The lowest BCUT2D eigenvalue weighted by atomic mass is 9.46. The molecule has 172 valence electrons. The number of hydrogen-bond acceptors (Lipinski definition) is 6. The average Bonchev–Trinajstić information content (AvgIpc) is 2.50. The molecule has 0 aromatic heterocycles. The molecule has 0 spiro atoms. The van der Waals surface area contributed by atoms with Gasteiger partial charge in [0.25, 0.3) is 0 Å². The highest BCUT2D eigenvalue weighted by atomic mass is 28.4. The zero-order chi connectivity index (χ0) is 23.3. The first-order valence-electron chi connectivity index (χ1n) is 10.9. The molecule has 2 saturated carbocycles. The highest BCUT2D eigenvalue weighted by molar-refractivity contribution is 6.70. The third-order valence-electron chi connectivity index (χ3n) is 6.40. The summed E-state index contributed by atoms with van der Waals surface area (Å²) in [5.74, 6) is -1.11. The number of carbonyl (C=O) groups is 3. The molecule has 0 N–H and O–H groups in total. The van der Waals surface area contributed by atoms with Crippen LogP contribution >= 0.6 is 0 Å². The van der Waals surface area contributed by atoms with Crippen molar-refractivity contribution in [2.75, 3.05) is 7.11 Å². The standard InChI is InChI=1S/C22H40O6Si2/c1-21(2)12-14(23)13-22(3)15(11-16(24)26-4)17(25)18(27-29(5,6)7)19(20(21)22)28-30(8,9)10/h15,18-20H,11-13H2,1-10H3. The molecule has 0 radical (unpaired) electrons. The van der Waals surface area contributed by atoms with Gasteiger partial charge in [-0.2, -0.15) is 0 Å². The van der Waals surface area contributed by atoms with Crippen LogP contribution in [0, 0.1) is 22.7 Å². The van der Waals surface area contributed by atoms with Gasteiger partial charge in [-0.05, 0) is 56.0 Å². The zero-order valence-electron chi connectivity index (χ0n) is 20.4. The summed E-state index contributed by atoms with van der Waals surface area (Å²) >= 11 is 0. The third kappa shape index (κ3) is 5.31. The number of rotatable bonds is 6. The number of esters is 1. The van der Waals surface area contributed by atoms with Crippen LogP contribution in [0.3, 0.4) is 0 Å². The van der Waals surface area contributed by atoms with Gasteiger partial charge in [-0.15, -0.1) is 0 Å². The van der Waals surface area contributed by atoms with Gasteiger partial charge < -0.3 is 13.6 Å². The SMILES string of the molecule is COC(=O)CC1C(=O)C(O[Si](C)(C)C)C(O[Si](C)(C)C)C2C(C)(C)CC(=O)CC12C. The molecule has 0 bridgehead atoms. The Bertz CT molecular complexity index is 705. The van der Waals surface area contributed by atoms with Crippen LogP contribution in [0.5, 0.6) is 0 Å². The fourth-order valence-electron chi connectivity index (χ4n) is 5.76. The van der Waals surface area contributed by atoms with Crippen LogP contribution in [0.25, 0.3) is 0 Å². The van der Waals surface area contributed by atoms with E-state index in [1.54, 1.807) is 0 Å². The summed E-state index contributed by atoms with van der Waals surface area (Å²) in [7, 11) is -2.79. The molecule has 2 fully saturated rings. The van der Waals surface area contributed by atoms with Gasteiger partial charge in [-0.1, -0.05) is 20.8 Å². The van der Waals surface area contributed by atoms with Crippen molar-refractivity contribution in [3.05, 3.63) is 0 Å². The molecule has 2 aliphatic carbocycles. The zero-order valence-corrected chi connectivity index (χ0v) is 22.4. The van der Waals surface area contributed by atoms with Crippen LogP contribution in [-0.4, -0.2) is 53.5 Å². The van der Waals surface area contributed by atoms with Crippen LogP contribution in [0.15, 0.2) is 0 Å². The van der Waals surface area contributed by atoms with Crippen molar-refractivity contribution in [3.8, 4) is 0 Å². The highest BCUT2D eigenvalue weighted by Gasteiger charge is 2.65. The second-order valence-electron chi connectivity index (χ2n) is 11.9. The average molecular weight is 457 g/mol. The Labute approximate surface area is 183 Å². The van der Waals surface area contributed by atoms with E-state index in [0.717, 1.165) is 0 Å². The van der Waals surface area contributed by atoms with Crippen molar-refractivity contribution in [2.24, 2.45) is 22.7 Å². The minimum Gasteiger partial charge on any atom is -0.469 e. The molecule has 2 aliphatic rings. The third-order valence-corrected chi connectivity index (χ3v) is 8.34. The van der Waals surface area contributed by atoms with Gasteiger partial charge in [0, 0.05) is 18.8 Å². The Morgan fingerprint density at radius 1 is 0.967 bits per heavy atom.